The molecule has 2 aliphatic rings. The number of nitrogens with zero attached hydrogens (tertiary/aromatic N) is 5. The molecule has 3 N–H and O–H groups in total. The lowest BCUT2D eigenvalue weighted by Crippen LogP contribution is -2.42. The molecule has 0 aromatic carbocycles. The summed E-state index contributed by atoms with van der Waals surface area (Å²) in [5.74, 6) is -0.817. The summed E-state index contributed by atoms with van der Waals surface area (Å²) in [5.41, 5.74) is 7.25. The molecule has 240 valence electrons. The summed E-state index contributed by atoms with van der Waals surface area (Å²) in [4.78, 5) is 48.6. The lowest BCUT2D eigenvalue weighted by molar-refractivity contribution is 0.0246. The van der Waals surface area contributed by atoms with Gasteiger partial charge in [-0.1, -0.05) is 6.08 Å². The van der Waals surface area contributed by atoms with Crippen LogP contribution in [0.3, 0.4) is 0 Å². The fraction of sp³-hybridized carbons (Fsp3) is 0.600. The van der Waals surface area contributed by atoms with E-state index in [1.165, 1.54) is 11.3 Å². The number of carbonyl (C=O) groups is 3. The van der Waals surface area contributed by atoms with Gasteiger partial charge in [0.2, 0.25) is 0 Å². The van der Waals surface area contributed by atoms with Crippen LogP contribution in [0.15, 0.2) is 22.6 Å². The molecule has 1 unspecified atom stereocenters. The molecule has 2 aromatic rings. The Morgan fingerprint density at radius 1 is 1.23 bits per heavy atom. The van der Waals surface area contributed by atoms with Gasteiger partial charge >= 0.3 is 12.1 Å². The Bertz CT molecular complexity index is 1360. The van der Waals surface area contributed by atoms with Gasteiger partial charge < -0.3 is 30.2 Å². The van der Waals surface area contributed by atoms with Crippen LogP contribution in [0, 0.1) is 0 Å². The number of ether oxygens (including phenoxy) is 3. The highest BCUT2D eigenvalue weighted by atomic mass is 32.1. The highest BCUT2D eigenvalue weighted by Crippen LogP contribution is 2.27. The molecule has 2 aliphatic heterocycles. The van der Waals surface area contributed by atoms with Crippen molar-refractivity contribution in [1.82, 2.24) is 25.0 Å². The van der Waals surface area contributed by atoms with Crippen LogP contribution in [0.5, 0.6) is 0 Å². The molecule has 1 saturated heterocycles. The van der Waals surface area contributed by atoms with E-state index in [4.69, 9.17) is 19.9 Å². The van der Waals surface area contributed by atoms with E-state index in [1.807, 2.05) is 27.0 Å². The molecule has 0 saturated carbocycles. The van der Waals surface area contributed by atoms with Gasteiger partial charge in [0.15, 0.2) is 11.4 Å². The van der Waals surface area contributed by atoms with Gasteiger partial charge in [0.25, 0.3) is 5.91 Å². The Morgan fingerprint density at radius 2 is 2.00 bits per heavy atom. The number of rotatable bonds is 12. The van der Waals surface area contributed by atoms with Crippen LogP contribution < -0.4 is 11.1 Å². The van der Waals surface area contributed by atoms with Gasteiger partial charge in [-0.15, -0.1) is 11.3 Å². The van der Waals surface area contributed by atoms with Crippen molar-refractivity contribution in [1.29, 1.82) is 0 Å². The number of thiazole rings is 1. The SMILES string of the molecule is CCOC(=O)c1csc(C2=CC(CCCN(CCNC(=O)c3nn(C4CCOCC4)cc3N)C(=O)OC(C)(C)C)N=CC2)n1. The lowest BCUT2D eigenvalue weighted by Gasteiger charge is -2.28. The summed E-state index contributed by atoms with van der Waals surface area (Å²) < 4.78 is 17.8. The van der Waals surface area contributed by atoms with E-state index >= 15 is 0 Å². The summed E-state index contributed by atoms with van der Waals surface area (Å²) in [6, 6.07) is 0.0704. The van der Waals surface area contributed by atoms with Crippen LogP contribution in [0.4, 0.5) is 10.5 Å². The molecule has 14 heteroatoms. The highest BCUT2D eigenvalue weighted by molar-refractivity contribution is 7.11. The number of dihydropyridines is 1. The number of aliphatic imine (C=N–C) groups is 1. The number of aromatic nitrogens is 3. The maximum atomic E-state index is 13.0. The first-order valence-electron chi connectivity index (χ1n) is 15.1. The van der Waals surface area contributed by atoms with E-state index in [0.29, 0.717) is 57.0 Å². The van der Waals surface area contributed by atoms with Crippen molar-refractivity contribution in [3.8, 4) is 0 Å². The summed E-state index contributed by atoms with van der Waals surface area (Å²) in [6.07, 6.45) is 8.79. The first-order chi connectivity index (χ1) is 21.0. The fourth-order valence-electron chi connectivity index (χ4n) is 4.89. The van der Waals surface area contributed by atoms with Gasteiger partial charge in [0, 0.05) is 57.1 Å². The summed E-state index contributed by atoms with van der Waals surface area (Å²) >= 11 is 1.40. The van der Waals surface area contributed by atoms with Gasteiger partial charge in [-0.25, -0.2) is 14.6 Å². The largest absolute Gasteiger partial charge is 0.461 e. The maximum absolute atomic E-state index is 13.0. The third-order valence-corrected chi connectivity index (χ3v) is 7.97. The minimum atomic E-state index is -0.661. The van der Waals surface area contributed by atoms with E-state index in [9.17, 15) is 14.4 Å². The molecule has 2 aromatic heterocycles. The minimum Gasteiger partial charge on any atom is -0.461 e. The number of anilines is 1. The molecule has 0 bridgehead atoms. The fourth-order valence-corrected chi connectivity index (χ4v) is 5.71. The molecule has 1 atom stereocenters. The van der Waals surface area contributed by atoms with Crippen LogP contribution >= 0.6 is 11.3 Å². The Balaban J connectivity index is 1.31. The summed E-state index contributed by atoms with van der Waals surface area (Å²) in [7, 11) is 0. The number of esters is 1. The predicted molar refractivity (Wildman–Crippen MR) is 168 cm³/mol. The monoisotopic (exact) mass is 629 g/mol. The van der Waals surface area contributed by atoms with Gasteiger partial charge in [0.05, 0.1) is 24.4 Å². The minimum absolute atomic E-state index is 0.0808. The Morgan fingerprint density at radius 3 is 2.73 bits per heavy atom. The number of amides is 2. The second-order valence-electron chi connectivity index (χ2n) is 11.7. The Labute approximate surface area is 261 Å². The van der Waals surface area contributed by atoms with Crippen molar-refractivity contribution >= 4 is 46.8 Å². The molecule has 4 heterocycles. The highest BCUT2D eigenvalue weighted by Gasteiger charge is 2.24. The quantitative estimate of drug-likeness (QED) is 0.329. The molecule has 44 heavy (non-hydrogen) atoms. The van der Waals surface area contributed by atoms with Gasteiger partial charge in [-0.05, 0) is 59.0 Å². The van der Waals surface area contributed by atoms with Crippen molar-refractivity contribution in [2.45, 2.75) is 77.5 Å². The molecule has 0 spiro atoms. The van der Waals surface area contributed by atoms with E-state index in [-0.39, 0.29) is 36.8 Å². The molecule has 0 aliphatic carbocycles. The van der Waals surface area contributed by atoms with Crippen LogP contribution in [0.2, 0.25) is 0 Å². The number of hydrogen-bond acceptors (Lipinski definition) is 11. The number of nitrogens with one attached hydrogen (secondary N) is 1. The zero-order valence-electron chi connectivity index (χ0n) is 25.9. The summed E-state index contributed by atoms with van der Waals surface area (Å²) in [6.45, 7) is 9.70. The molecule has 0 radical (unpaired) electrons. The van der Waals surface area contributed by atoms with Crippen molar-refractivity contribution in [2.75, 3.05) is 45.2 Å². The Kier molecular flexibility index (Phi) is 11.5. The van der Waals surface area contributed by atoms with Crippen molar-refractivity contribution in [3.63, 3.8) is 0 Å². The number of allylic oxidation sites excluding steroid dienone is 1. The van der Waals surface area contributed by atoms with Crippen LogP contribution in [-0.4, -0.2) is 94.9 Å². The lowest BCUT2D eigenvalue weighted by atomic mass is 10.0. The second-order valence-corrected chi connectivity index (χ2v) is 12.5. The van der Waals surface area contributed by atoms with E-state index in [2.05, 4.69) is 26.5 Å². The molecule has 4 rings (SSSR count). The molecular formula is C30H43N7O6S. The van der Waals surface area contributed by atoms with Crippen molar-refractivity contribution in [2.24, 2.45) is 4.99 Å². The number of hydrogen-bond donors (Lipinski definition) is 2. The topological polar surface area (TPSA) is 163 Å². The first-order valence-corrected chi connectivity index (χ1v) is 16.0. The number of nitrogens with two attached hydrogens (primary N) is 1. The smallest absolute Gasteiger partial charge is 0.410 e. The molecular weight excluding hydrogens is 586 g/mol. The normalized spacial score (nSPS) is 17.2. The van der Waals surface area contributed by atoms with Crippen LogP contribution in [0.1, 0.15) is 91.8 Å². The zero-order chi connectivity index (χ0) is 31.7. The van der Waals surface area contributed by atoms with Gasteiger partial charge in [-0.2, -0.15) is 5.10 Å². The van der Waals surface area contributed by atoms with E-state index < -0.39 is 17.7 Å². The standard InChI is InChI=1S/C30H43N7O6S/c1-5-42-28(39)24-19-44-27(34-24)20-8-11-32-21(17-20)7-6-13-36(29(40)43-30(2,3)4)14-12-33-26(38)25-23(31)18-37(35-25)22-9-15-41-16-10-22/h11,17-19,21-22H,5-10,12-16,31H2,1-4H3,(H,33,38). The van der Waals surface area contributed by atoms with Gasteiger partial charge in [-0.3, -0.25) is 14.5 Å². The van der Waals surface area contributed by atoms with E-state index in [1.54, 1.807) is 28.1 Å². The molecule has 2 amide bonds. The second kappa shape index (κ2) is 15.3. The van der Waals surface area contributed by atoms with E-state index in [0.717, 1.165) is 23.4 Å². The average Bonchev–Trinajstić information content (AvgIpc) is 3.64. The maximum Gasteiger partial charge on any atom is 0.410 e. The first kappa shape index (κ1) is 33.1. The molecule has 13 nitrogen and oxygen atoms in total. The van der Waals surface area contributed by atoms with Crippen molar-refractivity contribution in [3.05, 3.63) is 34.0 Å². The predicted octanol–water partition coefficient (Wildman–Crippen LogP) is 4.12. The van der Waals surface area contributed by atoms with Crippen LogP contribution in [0.25, 0.3) is 5.57 Å². The Hall–Kier alpha value is -3.78. The molecule has 1 fully saturated rings. The van der Waals surface area contributed by atoms with Gasteiger partial charge in [0.1, 0.15) is 10.6 Å². The number of nitrogen functional groups attached to an aromatic ring is 1. The zero-order valence-corrected chi connectivity index (χ0v) is 26.7. The summed E-state index contributed by atoms with van der Waals surface area (Å²) in [5, 5.41) is 9.76. The third kappa shape index (κ3) is 9.36. The third-order valence-electron chi connectivity index (χ3n) is 7.05. The van der Waals surface area contributed by atoms with Crippen molar-refractivity contribution < 1.29 is 28.6 Å². The average molecular weight is 630 g/mol. The van der Waals surface area contributed by atoms with Crippen LogP contribution in [-0.2, 0) is 14.2 Å². The number of carbonyl (C=O) groups excluding carboxylic acids is 3.